The van der Waals surface area contributed by atoms with Crippen molar-refractivity contribution in [2.24, 2.45) is 7.05 Å². The van der Waals surface area contributed by atoms with Crippen LogP contribution in [0.4, 0.5) is 5.95 Å². The van der Waals surface area contributed by atoms with Crippen LogP contribution in [0.3, 0.4) is 0 Å². The number of hydrogen-bond acceptors (Lipinski definition) is 3. The molecule has 4 nitrogen and oxygen atoms in total. The van der Waals surface area contributed by atoms with Crippen LogP contribution in [0.15, 0.2) is 24.3 Å². The van der Waals surface area contributed by atoms with Crippen molar-refractivity contribution in [3.05, 3.63) is 29.8 Å². The molecule has 0 amide bonds. The topological polar surface area (TPSA) is 42.7 Å². The summed E-state index contributed by atoms with van der Waals surface area (Å²) in [6.45, 7) is 2.06. The predicted molar refractivity (Wildman–Crippen MR) is 60.7 cm³/mol. The van der Waals surface area contributed by atoms with Crippen LogP contribution < -0.4 is 5.32 Å². The molecule has 0 saturated carbocycles. The van der Waals surface area contributed by atoms with E-state index in [4.69, 9.17) is 0 Å². The Kier molecular flexibility index (Phi) is 2.41. The average Bonchev–Trinajstić information content (AvgIpc) is 2.60. The Morgan fingerprint density at radius 1 is 1.27 bits per heavy atom. The summed E-state index contributed by atoms with van der Waals surface area (Å²) < 4.78 is 1.74. The third kappa shape index (κ3) is 1.70. The summed E-state index contributed by atoms with van der Waals surface area (Å²) in [7, 11) is 3.71. The van der Waals surface area contributed by atoms with Gasteiger partial charge in [0.25, 0.3) is 0 Å². The zero-order chi connectivity index (χ0) is 10.8. The van der Waals surface area contributed by atoms with E-state index in [9.17, 15) is 0 Å². The molecule has 4 heteroatoms. The van der Waals surface area contributed by atoms with Gasteiger partial charge in [-0.3, -0.25) is 0 Å². The smallest absolute Gasteiger partial charge is 0.221 e. The van der Waals surface area contributed by atoms with Gasteiger partial charge in [-0.05, 0) is 12.5 Å². The van der Waals surface area contributed by atoms with Crippen LogP contribution in [0.5, 0.6) is 0 Å². The third-order valence-electron chi connectivity index (χ3n) is 2.37. The second kappa shape index (κ2) is 3.73. The molecular formula is C11H14N4. The Bertz CT molecular complexity index is 473. The SMILES string of the molecule is CNc1nc(-c2ccccc2C)nn1C. The second-order valence-electron chi connectivity index (χ2n) is 3.45. The van der Waals surface area contributed by atoms with Gasteiger partial charge in [-0.15, -0.1) is 5.10 Å². The molecule has 15 heavy (non-hydrogen) atoms. The Morgan fingerprint density at radius 2 is 2.00 bits per heavy atom. The van der Waals surface area contributed by atoms with E-state index >= 15 is 0 Å². The Morgan fingerprint density at radius 3 is 2.60 bits per heavy atom. The molecule has 1 heterocycles. The lowest BCUT2D eigenvalue weighted by atomic mass is 10.1. The number of anilines is 1. The van der Waals surface area contributed by atoms with Crippen LogP contribution in [-0.4, -0.2) is 21.8 Å². The first-order valence-corrected chi connectivity index (χ1v) is 4.87. The molecule has 0 saturated heterocycles. The van der Waals surface area contributed by atoms with Crippen LogP contribution in [-0.2, 0) is 7.05 Å². The monoisotopic (exact) mass is 202 g/mol. The van der Waals surface area contributed by atoms with E-state index in [-0.39, 0.29) is 0 Å². The van der Waals surface area contributed by atoms with Gasteiger partial charge < -0.3 is 5.32 Å². The maximum absolute atomic E-state index is 4.40. The molecule has 0 bridgehead atoms. The molecule has 0 atom stereocenters. The molecule has 1 aromatic heterocycles. The average molecular weight is 202 g/mol. The molecule has 2 aromatic rings. The van der Waals surface area contributed by atoms with Gasteiger partial charge in [0.1, 0.15) is 0 Å². The number of aryl methyl sites for hydroxylation is 2. The molecule has 0 fully saturated rings. The van der Waals surface area contributed by atoms with Crippen LogP contribution >= 0.6 is 0 Å². The second-order valence-corrected chi connectivity index (χ2v) is 3.45. The van der Waals surface area contributed by atoms with E-state index in [0.717, 1.165) is 17.3 Å². The van der Waals surface area contributed by atoms with Crippen molar-refractivity contribution in [3.63, 3.8) is 0 Å². The minimum absolute atomic E-state index is 0.764. The Hall–Kier alpha value is -1.84. The van der Waals surface area contributed by atoms with E-state index in [1.54, 1.807) is 4.68 Å². The van der Waals surface area contributed by atoms with Crippen LogP contribution in [0.25, 0.3) is 11.4 Å². The molecule has 78 valence electrons. The molecule has 0 spiro atoms. The van der Waals surface area contributed by atoms with Crippen LogP contribution in [0.2, 0.25) is 0 Å². The van der Waals surface area contributed by atoms with E-state index in [1.807, 2.05) is 32.3 Å². The first kappa shape index (κ1) is 9.71. The summed E-state index contributed by atoms with van der Waals surface area (Å²) in [6.07, 6.45) is 0. The first-order chi connectivity index (χ1) is 7.22. The molecule has 2 rings (SSSR count). The van der Waals surface area contributed by atoms with Crippen molar-refractivity contribution in [1.29, 1.82) is 0 Å². The summed E-state index contributed by atoms with van der Waals surface area (Å²) in [5.74, 6) is 1.54. The van der Waals surface area contributed by atoms with E-state index in [1.165, 1.54) is 5.56 Å². The molecule has 0 aliphatic carbocycles. The predicted octanol–water partition coefficient (Wildman–Crippen LogP) is 1.83. The van der Waals surface area contributed by atoms with Crippen molar-refractivity contribution < 1.29 is 0 Å². The van der Waals surface area contributed by atoms with Gasteiger partial charge in [0.2, 0.25) is 5.95 Å². The fourth-order valence-electron chi connectivity index (χ4n) is 1.54. The van der Waals surface area contributed by atoms with E-state index in [0.29, 0.717) is 0 Å². The fourth-order valence-corrected chi connectivity index (χ4v) is 1.54. The van der Waals surface area contributed by atoms with Crippen molar-refractivity contribution in [3.8, 4) is 11.4 Å². The molecular weight excluding hydrogens is 188 g/mol. The Labute approximate surface area is 89.0 Å². The summed E-state index contributed by atoms with van der Waals surface area (Å²) in [4.78, 5) is 4.40. The van der Waals surface area contributed by atoms with Crippen LogP contribution in [0.1, 0.15) is 5.56 Å². The third-order valence-corrected chi connectivity index (χ3v) is 2.37. The minimum Gasteiger partial charge on any atom is -0.357 e. The van der Waals surface area contributed by atoms with Crippen molar-refractivity contribution >= 4 is 5.95 Å². The molecule has 1 N–H and O–H groups in total. The lowest BCUT2D eigenvalue weighted by Crippen LogP contribution is -1.98. The van der Waals surface area contributed by atoms with Crippen LogP contribution in [0, 0.1) is 6.92 Å². The molecule has 0 aliphatic rings. The van der Waals surface area contributed by atoms with E-state index < -0.39 is 0 Å². The highest BCUT2D eigenvalue weighted by molar-refractivity contribution is 5.60. The largest absolute Gasteiger partial charge is 0.357 e. The Balaban J connectivity index is 2.50. The van der Waals surface area contributed by atoms with Gasteiger partial charge in [-0.1, -0.05) is 24.3 Å². The van der Waals surface area contributed by atoms with Crippen molar-refractivity contribution in [2.75, 3.05) is 12.4 Å². The lowest BCUT2D eigenvalue weighted by molar-refractivity contribution is 0.776. The first-order valence-electron chi connectivity index (χ1n) is 4.87. The molecule has 0 unspecified atom stereocenters. The number of hydrogen-bond donors (Lipinski definition) is 1. The highest BCUT2D eigenvalue weighted by Gasteiger charge is 2.09. The maximum Gasteiger partial charge on any atom is 0.221 e. The zero-order valence-electron chi connectivity index (χ0n) is 9.15. The minimum atomic E-state index is 0.764. The number of nitrogens with zero attached hydrogens (tertiary/aromatic N) is 3. The summed E-state index contributed by atoms with van der Waals surface area (Å²) in [5.41, 5.74) is 2.26. The normalized spacial score (nSPS) is 10.3. The number of nitrogens with one attached hydrogen (secondary N) is 1. The van der Waals surface area contributed by atoms with Gasteiger partial charge in [0.05, 0.1) is 0 Å². The van der Waals surface area contributed by atoms with Gasteiger partial charge in [-0.25, -0.2) is 4.68 Å². The lowest BCUT2D eigenvalue weighted by Gasteiger charge is -1.98. The van der Waals surface area contributed by atoms with Gasteiger partial charge >= 0.3 is 0 Å². The molecule has 0 radical (unpaired) electrons. The number of benzene rings is 1. The van der Waals surface area contributed by atoms with Gasteiger partial charge in [0.15, 0.2) is 5.82 Å². The van der Waals surface area contributed by atoms with E-state index in [2.05, 4.69) is 28.4 Å². The summed E-state index contributed by atoms with van der Waals surface area (Å²) in [6, 6.07) is 8.10. The van der Waals surface area contributed by atoms with Gasteiger partial charge in [0, 0.05) is 19.7 Å². The molecule has 1 aromatic carbocycles. The zero-order valence-corrected chi connectivity index (χ0v) is 9.15. The number of aromatic nitrogens is 3. The quantitative estimate of drug-likeness (QED) is 0.808. The standard InChI is InChI=1S/C11H14N4/c1-8-6-4-5-7-9(8)10-13-11(12-2)15(3)14-10/h4-7H,1-3H3,(H,12,13,14). The fraction of sp³-hybridized carbons (Fsp3) is 0.273. The highest BCUT2D eigenvalue weighted by atomic mass is 15.4. The summed E-state index contributed by atoms with van der Waals surface area (Å²) in [5, 5.41) is 7.35. The van der Waals surface area contributed by atoms with Gasteiger partial charge in [-0.2, -0.15) is 4.98 Å². The summed E-state index contributed by atoms with van der Waals surface area (Å²) >= 11 is 0. The maximum atomic E-state index is 4.40. The number of rotatable bonds is 2. The van der Waals surface area contributed by atoms with Crippen molar-refractivity contribution in [1.82, 2.24) is 14.8 Å². The van der Waals surface area contributed by atoms with Crippen molar-refractivity contribution in [2.45, 2.75) is 6.92 Å². The highest BCUT2D eigenvalue weighted by Crippen LogP contribution is 2.20. The molecule has 0 aliphatic heterocycles.